The highest BCUT2D eigenvalue weighted by Crippen LogP contribution is 2.28. The number of anilines is 1. The number of nitriles is 1. The molecule has 2 N–H and O–H groups in total. The predicted molar refractivity (Wildman–Crippen MR) is 73.9 cm³/mol. The summed E-state index contributed by atoms with van der Waals surface area (Å²) in [5, 5.41) is 8.57. The van der Waals surface area contributed by atoms with Crippen molar-refractivity contribution in [3.05, 3.63) is 41.6 Å². The molecule has 0 amide bonds. The van der Waals surface area contributed by atoms with Crippen molar-refractivity contribution in [2.24, 2.45) is 0 Å². The molecule has 0 aliphatic heterocycles. The summed E-state index contributed by atoms with van der Waals surface area (Å²) in [6.45, 7) is 0. The van der Waals surface area contributed by atoms with E-state index in [2.05, 4.69) is 4.98 Å². The molecule has 0 aliphatic rings. The van der Waals surface area contributed by atoms with Gasteiger partial charge in [-0.2, -0.15) is 5.26 Å². The first-order valence-electron chi connectivity index (χ1n) is 5.82. The quantitative estimate of drug-likeness (QED) is 0.909. The molecule has 8 heteroatoms. The summed E-state index contributed by atoms with van der Waals surface area (Å²) in [4.78, 5) is 2.74. The third kappa shape index (κ3) is 3.58. The number of benzene rings is 1. The summed E-state index contributed by atoms with van der Waals surface area (Å²) in [5.41, 5.74) is 0.212. The average Bonchev–Trinajstić information content (AvgIpc) is 2.74. The number of aromatic nitrogens is 1. The van der Waals surface area contributed by atoms with Crippen molar-refractivity contribution in [1.29, 1.82) is 5.26 Å². The molecule has 5 nitrogen and oxygen atoms in total. The fourth-order valence-electron chi connectivity index (χ4n) is 1.88. The molecule has 2 aromatic rings. The first kappa shape index (κ1) is 15.0. The zero-order chi connectivity index (χ0) is 15.6. The maximum Gasteiger partial charge on any atom is 0.229 e. The van der Waals surface area contributed by atoms with Crippen molar-refractivity contribution >= 4 is 15.7 Å². The Bertz CT molecular complexity index is 799. The molecule has 110 valence electrons. The third-order valence-corrected chi connectivity index (χ3v) is 3.24. The number of H-pyrrole nitrogens is 1. The van der Waals surface area contributed by atoms with Crippen molar-refractivity contribution in [2.45, 2.75) is 6.42 Å². The summed E-state index contributed by atoms with van der Waals surface area (Å²) < 4.78 is 52.1. The Morgan fingerprint density at radius 2 is 1.90 bits per heavy atom. The van der Waals surface area contributed by atoms with Crippen LogP contribution in [0.4, 0.5) is 14.5 Å². The second-order valence-electron chi connectivity index (χ2n) is 4.42. The highest BCUT2D eigenvalue weighted by Gasteiger charge is 2.16. The molecule has 2 rings (SSSR count). The molecule has 1 aromatic heterocycles. The van der Waals surface area contributed by atoms with Crippen LogP contribution in [0.5, 0.6) is 0 Å². The summed E-state index contributed by atoms with van der Waals surface area (Å²) >= 11 is 0. The van der Waals surface area contributed by atoms with Gasteiger partial charge in [0.05, 0.1) is 35.7 Å². The number of halogens is 2. The minimum absolute atomic E-state index is 0.0942. The van der Waals surface area contributed by atoms with Crippen molar-refractivity contribution in [1.82, 2.24) is 4.98 Å². The van der Waals surface area contributed by atoms with Gasteiger partial charge in [-0.1, -0.05) is 0 Å². The van der Waals surface area contributed by atoms with Crippen LogP contribution >= 0.6 is 0 Å². The molecule has 0 aliphatic carbocycles. The van der Waals surface area contributed by atoms with Crippen LogP contribution in [-0.4, -0.2) is 19.7 Å². The number of sulfonamides is 1. The standard InChI is InChI=1S/C13H11F2N3O2S/c1-21(19,20)18-9-6-10(14)13(11(15)7-9)12-3-2-8(17-12)4-5-16/h2-3,6-7,17-18H,4H2,1H3. The second-order valence-corrected chi connectivity index (χ2v) is 6.17. The molecular weight excluding hydrogens is 300 g/mol. The molecule has 0 saturated heterocycles. The van der Waals surface area contributed by atoms with E-state index in [4.69, 9.17) is 5.26 Å². The van der Waals surface area contributed by atoms with Crippen LogP contribution < -0.4 is 4.72 Å². The van der Waals surface area contributed by atoms with Crippen LogP contribution in [0.1, 0.15) is 5.69 Å². The Kier molecular flexibility index (Phi) is 3.95. The number of aromatic amines is 1. The van der Waals surface area contributed by atoms with Crippen LogP contribution in [0.15, 0.2) is 24.3 Å². The topological polar surface area (TPSA) is 85.8 Å². The highest BCUT2D eigenvalue weighted by molar-refractivity contribution is 7.92. The summed E-state index contributed by atoms with van der Waals surface area (Å²) in [5.74, 6) is -1.82. The van der Waals surface area contributed by atoms with Gasteiger partial charge in [0.2, 0.25) is 10.0 Å². The molecule has 0 spiro atoms. The van der Waals surface area contributed by atoms with Gasteiger partial charge < -0.3 is 4.98 Å². The molecular formula is C13H11F2N3O2S. The van der Waals surface area contributed by atoms with Gasteiger partial charge >= 0.3 is 0 Å². The number of hydrogen-bond donors (Lipinski definition) is 2. The predicted octanol–water partition coefficient (Wildman–Crippen LogP) is 2.40. The lowest BCUT2D eigenvalue weighted by molar-refractivity contribution is 0.589. The maximum absolute atomic E-state index is 14.0. The Morgan fingerprint density at radius 1 is 1.29 bits per heavy atom. The van der Waals surface area contributed by atoms with E-state index in [1.807, 2.05) is 10.8 Å². The highest BCUT2D eigenvalue weighted by atomic mass is 32.2. The molecule has 0 atom stereocenters. The van der Waals surface area contributed by atoms with E-state index in [0.29, 0.717) is 5.69 Å². The molecule has 0 unspecified atom stereocenters. The van der Waals surface area contributed by atoms with E-state index in [0.717, 1.165) is 18.4 Å². The Balaban J connectivity index is 2.43. The number of nitrogens with one attached hydrogen (secondary N) is 2. The van der Waals surface area contributed by atoms with E-state index in [1.165, 1.54) is 6.07 Å². The summed E-state index contributed by atoms with van der Waals surface area (Å²) in [6.07, 6.45) is 0.979. The maximum atomic E-state index is 14.0. The van der Waals surface area contributed by atoms with Crippen LogP contribution in [0, 0.1) is 23.0 Å². The minimum Gasteiger partial charge on any atom is -0.357 e. The van der Waals surface area contributed by atoms with Crippen LogP contribution in [0.2, 0.25) is 0 Å². The van der Waals surface area contributed by atoms with Gasteiger partial charge in [0.25, 0.3) is 0 Å². The molecule has 0 saturated carbocycles. The monoisotopic (exact) mass is 311 g/mol. The summed E-state index contributed by atoms with van der Waals surface area (Å²) in [7, 11) is -3.62. The zero-order valence-corrected chi connectivity index (χ0v) is 11.8. The molecule has 0 radical (unpaired) electrons. The molecule has 21 heavy (non-hydrogen) atoms. The van der Waals surface area contributed by atoms with Gasteiger partial charge in [-0.15, -0.1) is 0 Å². The lowest BCUT2D eigenvalue weighted by Crippen LogP contribution is -2.10. The third-order valence-electron chi connectivity index (χ3n) is 2.63. The van der Waals surface area contributed by atoms with E-state index in [9.17, 15) is 17.2 Å². The largest absolute Gasteiger partial charge is 0.357 e. The number of hydrogen-bond acceptors (Lipinski definition) is 3. The lowest BCUT2D eigenvalue weighted by atomic mass is 10.1. The van der Waals surface area contributed by atoms with Gasteiger partial charge in [0.1, 0.15) is 11.6 Å². The molecule has 1 aromatic carbocycles. The Hall–Kier alpha value is -2.40. The Labute approximate surface area is 120 Å². The normalized spacial score (nSPS) is 11.1. The molecule has 1 heterocycles. The van der Waals surface area contributed by atoms with Crippen LogP contribution in [0.3, 0.4) is 0 Å². The van der Waals surface area contributed by atoms with E-state index >= 15 is 0 Å². The van der Waals surface area contributed by atoms with Crippen LogP contribution in [0.25, 0.3) is 11.3 Å². The fraction of sp³-hybridized carbons (Fsp3) is 0.154. The van der Waals surface area contributed by atoms with E-state index in [-0.39, 0.29) is 23.4 Å². The summed E-state index contributed by atoms with van der Waals surface area (Å²) in [6, 6.07) is 6.72. The SMILES string of the molecule is CS(=O)(=O)Nc1cc(F)c(-c2ccc(CC#N)[nH]2)c(F)c1. The van der Waals surface area contributed by atoms with Crippen molar-refractivity contribution in [3.8, 4) is 17.3 Å². The van der Waals surface area contributed by atoms with E-state index < -0.39 is 21.7 Å². The number of nitrogens with zero attached hydrogens (tertiary/aromatic N) is 1. The van der Waals surface area contributed by atoms with Gasteiger partial charge in [-0.05, 0) is 24.3 Å². The van der Waals surface area contributed by atoms with Gasteiger partial charge in [-0.25, -0.2) is 17.2 Å². The van der Waals surface area contributed by atoms with Gasteiger partial charge in [0.15, 0.2) is 0 Å². The van der Waals surface area contributed by atoms with E-state index in [1.54, 1.807) is 6.07 Å². The van der Waals surface area contributed by atoms with Crippen molar-refractivity contribution < 1.29 is 17.2 Å². The lowest BCUT2D eigenvalue weighted by Gasteiger charge is -2.08. The first-order chi connectivity index (χ1) is 9.80. The second kappa shape index (κ2) is 5.54. The van der Waals surface area contributed by atoms with Gasteiger partial charge in [0, 0.05) is 5.69 Å². The fourth-order valence-corrected chi connectivity index (χ4v) is 2.42. The minimum atomic E-state index is -3.62. The van der Waals surface area contributed by atoms with Crippen LogP contribution in [-0.2, 0) is 16.4 Å². The van der Waals surface area contributed by atoms with Gasteiger partial charge in [-0.3, -0.25) is 4.72 Å². The Morgan fingerprint density at radius 3 is 2.43 bits per heavy atom. The molecule has 0 bridgehead atoms. The smallest absolute Gasteiger partial charge is 0.229 e. The molecule has 0 fully saturated rings. The number of rotatable bonds is 4. The van der Waals surface area contributed by atoms with Crippen molar-refractivity contribution in [3.63, 3.8) is 0 Å². The first-order valence-corrected chi connectivity index (χ1v) is 7.71. The average molecular weight is 311 g/mol. The van der Waals surface area contributed by atoms with Crippen molar-refractivity contribution in [2.75, 3.05) is 11.0 Å². The zero-order valence-electron chi connectivity index (χ0n) is 10.9.